The van der Waals surface area contributed by atoms with Gasteiger partial charge in [0.1, 0.15) is 42.7 Å². The number of carbonyl (C=O) groups excluding carboxylic acids is 1. The number of hydrogen-bond donors (Lipinski definition) is 5. The summed E-state index contributed by atoms with van der Waals surface area (Å²) in [6.45, 7) is 16.0. The number of carboxylic acids is 1. The Morgan fingerprint density at radius 3 is 2.29 bits per heavy atom. The first-order valence-electron chi connectivity index (χ1n) is 26.0. The molecule has 6 rings (SSSR count). The van der Waals surface area contributed by atoms with E-state index in [0.717, 1.165) is 5.56 Å². The molecule has 0 amide bonds. The second-order valence-electron chi connectivity index (χ2n) is 22.2. The standard InChI is InChI=1S/C53H85N3O17/c1-29-25-51(7,63)46(73-50-43(58)39(54(9)10)23-30(2)69-50)31(3)44(32(4)49(62)71-40-18-19-53(40,64)45(59)33(5)55(11)27-29)72-41-26-52(8,65-12)47(34(6)70-41)68-22-21-67-20-14-15-35-16-17-38-36(24-35)42(57)37(48(60)61)28-56(38)66-13/h16-17,24,28-34,39-41,43-47,50,58-59,63-64H,14-15,18-23,25-27H2,1-13H3,(H,60,61)/t29-,30-,31+,32-,33-,34+,39+,40-,41+,43-,44+,45?,46-,47+,50+,51-,52-,53-/m1/s1. The van der Waals surface area contributed by atoms with Crippen LogP contribution in [0.4, 0.5) is 0 Å². The Morgan fingerprint density at radius 1 is 0.945 bits per heavy atom. The number of likely N-dealkylation sites (N-methyl/N-ethyl adjacent to an activating group) is 2. The Kier molecular flexibility index (Phi) is 19.6. The molecule has 0 radical (unpaired) electrons. The van der Waals surface area contributed by atoms with Crippen LogP contribution < -0.4 is 10.3 Å². The number of esters is 1. The van der Waals surface area contributed by atoms with Crippen LogP contribution in [0.1, 0.15) is 110 Å². The van der Waals surface area contributed by atoms with Gasteiger partial charge in [0.25, 0.3) is 0 Å². The average Bonchev–Trinajstić information content (AvgIpc) is 3.33. The van der Waals surface area contributed by atoms with Crippen LogP contribution >= 0.6 is 0 Å². The molecule has 18 atom stereocenters. The van der Waals surface area contributed by atoms with Gasteiger partial charge in [0.05, 0.1) is 71.8 Å². The van der Waals surface area contributed by atoms with Crippen molar-refractivity contribution in [1.29, 1.82) is 0 Å². The van der Waals surface area contributed by atoms with E-state index in [1.807, 2.05) is 78.6 Å². The molecule has 5 N–H and O–H groups in total. The molecular formula is C53H85N3O17. The number of rotatable bonds is 16. The quantitative estimate of drug-likeness (QED) is 0.120. The van der Waals surface area contributed by atoms with Crippen LogP contribution in [0.2, 0.25) is 0 Å². The molecule has 3 saturated heterocycles. The van der Waals surface area contributed by atoms with Gasteiger partial charge in [-0.05, 0) is 125 Å². The molecule has 1 aliphatic carbocycles. The largest absolute Gasteiger partial charge is 0.477 e. The van der Waals surface area contributed by atoms with Crippen LogP contribution in [0.5, 0.6) is 0 Å². The third-order valence-corrected chi connectivity index (χ3v) is 16.2. The molecule has 1 aromatic carbocycles. The fourth-order valence-electron chi connectivity index (χ4n) is 11.7. The van der Waals surface area contributed by atoms with Gasteiger partial charge in [0, 0.05) is 44.7 Å². The maximum Gasteiger partial charge on any atom is 0.341 e. The summed E-state index contributed by atoms with van der Waals surface area (Å²) in [7, 11) is 8.60. The number of ether oxygens (including phenoxy) is 8. The third kappa shape index (κ3) is 13.1. The molecular weight excluding hydrogens is 951 g/mol. The average molecular weight is 1040 g/mol. The molecule has 4 fully saturated rings. The van der Waals surface area contributed by atoms with E-state index >= 15 is 0 Å². The van der Waals surface area contributed by atoms with E-state index < -0.39 is 107 Å². The lowest BCUT2D eigenvalue weighted by Gasteiger charge is -2.50. The number of aromatic nitrogens is 1. The first-order chi connectivity index (χ1) is 34.3. The monoisotopic (exact) mass is 1040 g/mol. The number of carboxylic acid groups (broad SMARTS) is 1. The number of benzene rings is 1. The number of aromatic carboxylic acids is 1. The summed E-state index contributed by atoms with van der Waals surface area (Å²) in [6.07, 6.45) is -5.04. The first-order valence-corrected chi connectivity index (χ1v) is 26.0. The van der Waals surface area contributed by atoms with Crippen LogP contribution in [0.15, 0.2) is 29.2 Å². The van der Waals surface area contributed by atoms with Gasteiger partial charge < -0.3 is 78.1 Å². The van der Waals surface area contributed by atoms with Crippen molar-refractivity contribution in [2.24, 2.45) is 17.8 Å². The van der Waals surface area contributed by atoms with E-state index in [4.69, 9.17) is 42.7 Å². The summed E-state index contributed by atoms with van der Waals surface area (Å²) >= 11 is 0. The minimum atomic E-state index is -1.67. The van der Waals surface area contributed by atoms with Gasteiger partial charge in [0.2, 0.25) is 5.43 Å². The van der Waals surface area contributed by atoms with E-state index in [1.165, 1.54) is 18.0 Å². The number of carbonyl (C=O) groups is 2. The van der Waals surface area contributed by atoms with E-state index in [9.17, 15) is 39.9 Å². The van der Waals surface area contributed by atoms with Crippen molar-refractivity contribution in [2.45, 2.75) is 191 Å². The molecule has 20 nitrogen and oxygen atoms in total. The first kappa shape index (κ1) is 58.9. The Balaban J connectivity index is 1.17. The molecule has 1 unspecified atom stereocenters. The van der Waals surface area contributed by atoms with E-state index in [0.29, 0.717) is 44.4 Å². The van der Waals surface area contributed by atoms with E-state index in [1.54, 1.807) is 33.1 Å². The molecule has 414 valence electrons. The molecule has 0 spiro atoms. The highest BCUT2D eigenvalue weighted by Crippen LogP contribution is 2.43. The predicted molar refractivity (Wildman–Crippen MR) is 268 cm³/mol. The van der Waals surface area contributed by atoms with Crippen LogP contribution in [0, 0.1) is 17.8 Å². The molecule has 20 heteroatoms. The van der Waals surface area contributed by atoms with Crippen LogP contribution in [0.25, 0.3) is 10.9 Å². The molecule has 2 aromatic rings. The lowest BCUT2D eigenvalue weighted by molar-refractivity contribution is -0.321. The normalized spacial score (nSPS) is 39.3. The second kappa shape index (κ2) is 24.3. The van der Waals surface area contributed by atoms with Gasteiger partial charge in [-0.2, -0.15) is 4.73 Å². The third-order valence-electron chi connectivity index (χ3n) is 16.2. The molecule has 1 aromatic heterocycles. The Hall–Kier alpha value is -3.35. The maximum atomic E-state index is 14.4. The Labute approximate surface area is 430 Å². The highest BCUT2D eigenvalue weighted by molar-refractivity contribution is 5.92. The number of hydrogen-bond acceptors (Lipinski definition) is 18. The fraction of sp³-hybridized carbons (Fsp3) is 0.792. The summed E-state index contributed by atoms with van der Waals surface area (Å²) in [4.78, 5) is 48.2. The molecule has 0 bridgehead atoms. The van der Waals surface area contributed by atoms with Gasteiger partial charge in [0.15, 0.2) is 12.6 Å². The highest BCUT2D eigenvalue weighted by atomic mass is 16.7. The number of aryl methyl sites for hydroxylation is 1. The van der Waals surface area contributed by atoms with Crippen molar-refractivity contribution >= 4 is 22.8 Å². The SMILES string of the molecule is COn1cc(C(=O)O)c(=O)c2cc(CCCOCCO[C@H]3[C@H](C)O[C@@H](O[C@H]4[C@H](C)[C@@H](O[C@@H]5O[C@H](C)C[C@H](N(C)C)[C@H]5O)[C@](C)(O)C[C@@H](C)CN(C)[C@H](C)C(O)[C@@]5(O)CC[C@H]5OC(=O)[C@@H]4C)C[C@@]3(C)OC)ccc21. The zero-order valence-electron chi connectivity index (χ0n) is 45.2. The lowest BCUT2D eigenvalue weighted by atomic mass is 9.71. The van der Waals surface area contributed by atoms with E-state index in [-0.39, 0.29) is 61.5 Å². The van der Waals surface area contributed by atoms with Gasteiger partial charge in [-0.15, -0.1) is 0 Å². The molecule has 4 aliphatic rings. The molecule has 73 heavy (non-hydrogen) atoms. The topological polar surface area (TPSA) is 247 Å². The predicted octanol–water partition coefficient (Wildman–Crippen LogP) is 3.01. The van der Waals surface area contributed by atoms with Gasteiger partial charge >= 0.3 is 11.9 Å². The van der Waals surface area contributed by atoms with Crippen molar-refractivity contribution < 1.29 is 77.9 Å². The number of methoxy groups -OCH3 is 1. The Bertz CT molecular complexity index is 2230. The van der Waals surface area contributed by atoms with Crippen LogP contribution in [-0.2, 0) is 49.1 Å². The van der Waals surface area contributed by atoms with Gasteiger partial charge in [-0.1, -0.05) is 19.9 Å². The van der Waals surface area contributed by atoms with Crippen molar-refractivity contribution in [1.82, 2.24) is 14.5 Å². The lowest BCUT2D eigenvalue weighted by Crippen LogP contribution is -2.66. The molecule has 4 heterocycles. The van der Waals surface area contributed by atoms with Crippen molar-refractivity contribution in [3.8, 4) is 0 Å². The Morgan fingerprint density at radius 2 is 1.66 bits per heavy atom. The van der Waals surface area contributed by atoms with Gasteiger partial charge in [-0.25, -0.2) is 4.79 Å². The highest BCUT2D eigenvalue weighted by Gasteiger charge is 2.57. The summed E-state index contributed by atoms with van der Waals surface area (Å²) in [5.74, 6) is -3.97. The van der Waals surface area contributed by atoms with Crippen LogP contribution in [-0.4, -0.2) is 204 Å². The molecule has 1 saturated carbocycles. The number of aliphatic hydroxyl groups is 4. The number of nitrogens with zero attached hydrogens (tertiary/aromatic N) is 3. The van der Waals surface area contributed by atoms with Crippen molar-refractivity contribution in [3.05, 3.63) is 45.7 Å². The summed E-state index contributed by atoms with van der Waals surface area (Å²) < 4.78 is 52.5. The smallest absolute Gasteiger partial charge is 0.341 e. The minimum Gasteiger partial charge on any atom is -0.477 e. The number of pyridine rings is 1. The zero-order chi connectivity index (χ0) is 53.9. The second-order valence-corrected chi connectivity index (χ2v) is 22.2. The minimum absolute atomic E-state index is 0.163. The number of aliphatic hydroxyl groups excluding tert-OH is 2. The van der Waals surface area contributed by atoms with Crippen molar-refractivity contribution in [3.63, 3.8) is 0 Å². The fourth-order valence-corrected chi connectivity index (χ4v) is 11.7. The van der Waals surface area contributed by atoms with E-state index in [2.05, 4.69) is 0 Å². The summed E-state index contributed by atoms with van der Waals surface area (Å²) in [5.41, 5.74) is -3.88. The van der Waals surface area contributed by atoms with Crippen LogP contribution in [0.3, 0.4) is 0 Å². The van der Waals surface area contributed by atoms with Crippen molar-refractivity contribution in [2.75, 3.05) is 61.7 Å². The maximum absolute atomic E-state index is 14.4. The number of fused-ring (bicyclic) bond motifs is 2. The molecule has 3 aliphatic heterocycles. The summed E-state index contributed by atoms with van der Waals surface area (Å²) in [5, 5.41) is 57.6. The van der Waals surface area contributed by atoms with Gasteiger partial charge in [-0.3, -0.25) is 9.59 Å². The zero-order valence-corrected chi connectivity index (χ0v) is 45.2. The summed E-state index contributed by atoms with van der Waals surface area (Å²) in [6, 6.07) is 4.45.